The Morgan fingerprint density at radius 2 is 1.79 bits per heavy atom. The van der Waals surface area contributed by atoms with Gasteiger partial charge < -0.3 is 9.80 Å². The van der Waals surface area contributed by atoms with Crippen LogP contribution in [-0.4, -0.2) is 68.9 Å². The van der Waals surface area contributed by atoms with Crippen LogP contribution in [0.15, 0.2) is 0 Å². The van der Waals surface area contributed by atoms with Gasteiger partial charge in [-0.15, -0.1) is 10.2 Å². The van der Waals surface area contributed by atoms with Crippen molar-refractivity contribution in [1.29, 1.82) is 0 Å². The number of hydrogen-bond acceptors (Lipinski definition) is 6. The maximum Gasteiger partial charge on any atom is 0.234 e. The molecule has 0 aromatic carbocycles. The molecule has 6 nitrogen and oxygen atoms in total. The lowest BCUT2D eigenvalue weighted by molar-refractivity contribution is 0.0965. The van der Waals surface area contributed by atoms with Crippen LogP contribution < -0.4 is 0 Å². The summed E-state index contributed by atoms with van der Waals surface area (Å²) in [4.78, 5) is 6.15. The Hall–Kier alpha value is -1.05. The summed E-state index contributed by atoms with van der Waals surface area (Å²) in [6.45, 7) is 7.12. The van der Waals surface area contributed by atoms with Crippen LogP contribution in [0.3, 0.4) is 0 Å². The molecule has 2 fully saturated rings. The van der Waals surface area contributed by atoms with Gasteiger partial charge >= 0.3 is 0 Å². The van der Waals surface area contributed by atoms with Crippen molar-refractivity contribution in [1.82, 2.24) is 29.6 Å². The number of likely N-dealkylation sites (tertiary alicyclic amines) is 2. The van der Waals surface area contributed by atoms with Crippen molar-refractivity contribution in [2.75, 3.05) is 33.2 Å². The van der Waals surface area contributed by atoms with Gasteiger partial charge in [0, 0.05) is 18.4 Å². The molecule has 2 aliphatic heterocycles. The van der Waals surface area contributed by atoms with Crippen LogP contribution in [0.4, 0.5) is 0 Å². The summed E-state index contributed by atoms with van der Waals surface area (Å²) in [6, 6.07) is 0.802. The zero-order chi connectivity index (χ0) is 16.5. The summed E-state index contributed by atoms with van der Waals surface area (Å²) in [5.41, 5.74) is 0. The number of fused-ring (bicyclic) bond motifs is 1. The normalized spacial score (nSPS) is 22.6. The fourth-order valence-electron chi connectivity index (χ4n) is 4.09. The van der Waals surface area contributed by atoms with Crippen LogP contribution >= 0.6 is 11.3 Å². The van der Waals surface area contributed by atoms with Gasteiger partial charge in [-0.25, -0.2) is 0 Å². The van der Waals surface area contributed by atoms with E-state index in [0.29, 0.717) is 5.92 Å². The molecule has 2 saturated heterocycles. The Balaban J connectivity index is 1.38. The summed E-state index contributed by atoms with van der Waals surface area (Å²) in [5.74, 6) is 1.62. The van der Waals surface area contributed by atoms with Gasteiger partial charge in [0.1, 0.15) is 5.01 Å². The third kappa shape index (κ3) is 3.21. The molecule has 0 bridgehead atoms. The molecule has 0 atom stereocenters. The summed E-state index contributed by atoms with van der Waals surface area (Å²) >= 11 is 1.74. The van der Waals surface area contributed by atoms with Crippen molar-refractivity contribution in [2.24, 2.45) is 0 Å². The van der Waals surface area contributed by atoms with Crippen LogP contribution in [0.5, 0.6) is 0 Å². The van der Waals surface area contributed by atoms with Crippen molar-refractivity contribution < 1.29 is 0 Å². The lowest BCUT2D eigenvalue weighted by atomic mass is 9.94. The predicted molar refractivity (Wildman–Crippen MR) is 96.7 cm³/mol. The minimum absolute atomic E-state index is 0.605. The van der Waals surface area contributed by atoms with E-state index < -0.39 is 0 Å². The summed E-state index contributed by atoms with van der Waals surface area (Å²) < 4.78 is 1.98. The highest BCUT2D eigenvalue weighted by atomic mass is 32.1. The molecule has 2 aromatic rings. The van der Waals surface area contributed by atoms with Crippen LogP contribution in [0, 0.1) is 0 Å². The number of rotatable bonds is 4. The van der Waals surface area contributed by atoms with E-state index in [-0.39, 0.29) is 0 Å². The summed E-state index contributed by atoms with van der Waals surface area (Å²) in [7, 11) is 2.24. The van der Waals surface area contributed by atoms with Gasteiger partial charge in [-0.05, 0) is 65.3 Å². The van der Waals surface area contributed by atoms with E-state index in [1.165, 1.54) is 56.9 Å². The molecule has 0 N–H and O–H groups in total. The largest absolute Gasteiger partial charge is 0.306 e. The van der Waals surface area contributed by atoms with Gasteiger partial charge in [-0.3, -0.25) is 0 Å². The second-order valence-electron chi connectivity index (χ2n) is 7.35. The third-order valence-corrected chi connectivity index (χ3v) is 6.69. The Morgan fingerprint density at radius 3 is 2.50 bits per heavy atom. The van der Waals surface area contributed by atoms with Gasteiger partial charge in [0.05, 0.1) is 0 Å². The molecule has 24 heavy (non-hydrogen) atoms. The molecule has 4 rings (SSSR count). The van der Waals surface area contributed by atoms with Crippen molar-refractivity contribution >= 4 is 16.3 Å². The van der Waals surface area contributed by atoms with E-state index in [0.717, 1.165) is 29.7 Å². The SMILES string of the molecule is CCCc1nnc2sc(C3CCN(C4CCN(C)CC4)CC3)nn12. The molecule has 0 spiro atoms. The molecule has 0 aliphatic carbocycles. The topological polar surface area (TPSA) is 49.6 Å². The molecule has 0 amide bonds. The van der Waals surface area contributed by atoms with Gasteiger partial charge in [-0.2, -0.15) is 9.61 Å². The number of piperidine rings is 2. The quantitative estimate of drug-likeness (QED) is 0.849. The standard InChI is InChI=1S/C17H28N6S/c1-3-4-15-18-19-17-23(15)20-16(24-17)13-5-11-22(12-6-13)14-7-9-21(2)10-8-14/h13-14H,3-12H2,1-2H3. The highest BCUT2D eigenvalue weighted by molar-refractivity contribution is 7.16. The smallest absolute Gasteiger partial charge is 0.234 e. The zero-order valence-corrected chi connectivity index (χ0v) is 15.6. The van der Waals surface area contributed by atoms with Gasteiger partial charge in [-0.1, -0.05) is 18.3 Å². The van der Waals surface area contributed by atoms with E-state index >= 15 is 0 Å². The Labute approximate surface area is 147 Å². The molecule has 0 saturated carbocycles. The van der Waals surface area contributed by atoms with E-state index in [4.69, 9.17) is 5.10 Å². The van der Waals surface area contributed by atoms with Gasteiger partial charge in [0.25, 0.3) is 0 Å². The lowest BCUT2D eigenvalue weighted by Gasteiger charge is -2.40. The predicted octanol–water partition coefficient (Wildman–Crippen LogP) is 2.41. The molecule has 7 heteroatoms. The molecular weight excluding hydrogens is 320 g/mol. The first kappa shape index (κ1) is 16.4. The first-order valence-corrected chi connectivity index (χ1v) is 10.2. The molecule has 0 radical (unpaired) electrons. The number of aromatic nitrogens is 4. The Morgan fingerprint density at radius 1 is 1.04 bits per heavy atom. The minimum Gasteiger partial charge on any atom is -0.306 e. The third-order valence-electron chi connectivity index (χ3n) is 5.63. The second-order valence-corrected chi connectivity index (χ2v) is 8.33. The van der Waals surface area contributed by atoms with Crippen molar-refractivity contribution in [3.63, 3.8) is 0 Å². The van der Waals surface area contributed by atoms with E-state index in [1.54, 1.807) is 11.3 Å². The Kier molecular flexibility index (Phi) is 4.83. The maximum absolute atomic E-state index is 4.85. The number of aryl methyl sites for hydroxylation is 1. The average molecular weight is 349 g/mol. The zero-order valence-electron chi connectivity index (χ0n) is 14.8. The van der Waals surface area contributed by atoms with Crippen molar-refractivity contribution in [3.8, 4) is 0 Å². The highest BCUT2D eigenvalue weighted by Crippen LogP contribution is 2.33. The molecule has 132 valence electrons. The lowest BCUT2D eigenvalue weighted by Crippen LogP contribution is -2.46. The fraction of sp³-hybridized carbons (Fsp3) is 0.824. The van der Waals surface area contributed by atoms with Crippen LogP contribution in [0.25, 0.3) is 4.96 Å². The minimum atomic E-state index is 0.605. The van der Waals surface area contributed by atoms with Crippen molar-refractivity contribution in [3.05, 3.63) is 10.8 Å². The first-order valence-electron chi connectivity index (χ1n) is 9.38. The maximum atomic E-state index is 4.85. The van der Waals surface area contributed by atoms with Crippen LogP contribution in [0.2, 0.25) is 0 Å². The highest BCUT2D eigenvalue weighted by Gasteiger charge is 2.29. The second kappa shape index (κ2) is 7.06. The summed E-state index contributed by atoms with van der Waals surface area (Å²) in [5, 5.41) is 14.7. The molecule has 2 aromatic heterocycles. The van der Waals surface area contributed by atoms with Gasteiger partial charge in [0.15, 0.2) is 5.82 Å². The van der Waals surface area contributed by atoms with E-state index in [1.807, 2.05) is 4.52 Å². The molecular formula is C17H28N6S. The average Bonchev–Trinajstić information content (AvgIpc) is 3.18. The molecule has 2 aliphatic rings. The van der Waals surface area contributed by atoms with Crippen LogP contribution in [-0.2, 0) is 6.42 Å². The number of nitrogens with zero attached hydrogens (tertiary/aromatic N) is 6. The van der Waals surface area contributed by atoms with E-state index in [2.05, 4.69) is 34.0 Å². The van der Waals surface area contributed by atoms with Crippen molar-refractivity contribution in [2.45, 2.75) is 57.4 Å². The van der Waals surface area contributed by atoms with Gasteiger partial charge in [0.2, 0.25) is 4.96 Å². The number of hydrogen-bond donors (Lipinski definition) is 0. The van der Waals surface area contributed by atoms with Crippen LogP contribution in [0.1, 0.15) is 55.8 Å². The molecule has 4 heterocycles. The Bertz CT molecular complexity index is 664. The fourth-order valence-corrected chi connectivity index (χ4v) is 5.11. The summed E-state index contributed by atoms with van der Waals surface area (Å²) in [6.07, 6.45) is 7.18. The first-order chi connectivity index (χ1) is 11.7. The molecule has 0 unspecified atom stereocenters. The monoisotopic (exact) mass is 348 g/mol. The van der Waals surface area contributed by atoms with E-state index in [9.17, 15) is 0 Å².